The number of nitrogens with zero attached hydrogens (tertiary/aromatic N) is 2. The van der Waals surface area contributed by atoms with Gasteiger partial charge >= 0.3 is 5.97 Å². The molecule has 2 aliphatic carbocycles. The molecule has 0 spiro atoms. The van der Waals surface area contributed by atoms with Crippen LogP contribution in [0.25, 0.3) is 5.69 Å². The van der Waals surface area contributed by atoms with E-state index in [-0.39, 0.29) is 5.97 Å². The minimum Gasteiger partial charge on any atom is -0.465 e. The highest BCUT2D eigenvalue weighted by Gasteiger charge is 2.33. The van der Waals surface area contributed by atoms with Crippen LogP contribution in [0.1, 0.15) is 65.6 Å². The first-order chi connectivity index (χ1) is 12.2. The van der Waals surface area contributed by atoms with Gasteiger partial charge in [-0.1, -0.05) is 12.1 Å². The zero-order chi connectivity index (χ0) is 17.4. The van der Waals surface area contributed by atoms with E-state index in [0.717, 1.165) is 30.8 Å². The predicted molar refractivity (Wildman–Crippen MR) is 96.0 cm³/mol. The molecule has 2 unspecified atom stereocenters. The fourth-order valence-corrected chi connectivity index (χ4v) is 4.08. The Morgan fingerprint density at radius 2 is 2.08 bits per heavy atom. The van der Waals surface area contributed by atoms with Gasteiger partial charge in [0.25, 0.3) is 0 Å². The molecule has 5 heteroatoms. The van der Waals surface area contributed by atoms with Gasteiger partial charge in [0.2, 0.25) is 0 Å². The molecule has 0 radical (unpaired) electrons. The number of benzene rings is 1. The highest BCUT2D eigenvalue weighted by Crippen LogP contribution is 2.43. The zero-order valence-corrected chi connectivity index (χ0v) is 14.6. The molecule has 2 fully saturated rings. The summed E-state index contributed by atoms with van der Waals surface area (Å²) in [7, 11) is 1.42. The summed E-state index contributed by atoms with van der Waals surface area (Å²) in [5.41, 5.74) is 9.82. The van der Waals surface area contributed by atoms with Crippen molar-refractivity contribution in [3.05, 3.63) is 47.3 Å². The van der Waals surface area contributed by atoms with Crippen molar-refractivity contribution in [1.82, 2.24) is 9.78 Å². The Bertz CT molecular complexity index is 779. The largest absolute Gasteiger partial charge is 0.465 e. The van der Waals surface area contributed by atoms with Crippen molar-refractivity contribution in [2.45, 2.75) is 43.9 Å². The summed E-state index contributed by atoms with van der Waals surface area (Å²) in [4.78, 5) is 12.1. The third-order valence-electron chi connectivity index (χ3n) is 5.64. The van der Waals surface area contributed by atoms with E-state index >= 15 is 0 Å². The number of hydrogen-bond donors (Lipinski definition) is 1. The number of ether oxygens (including phenoxy) is 1. The van der Waals surface area contributed by atoms with Gasteiger partial charge < -0.3 is 10.5 Å². The molecular weight excluding hydrogens is 314 g/mol. The van der Waals surface area contributed by atoms with Gasteiger partial charge in [0.05, 0.1) is 24.7 Å². The molecule has 2 saturated carbocycles. The molecule has 4 rings (SSSR count). The summed E-state index contributed by atoms with van der Waals surface area (Å²) < 4.78 is 6.86. The first-order valence-corrected chi connectivity index (χ1v) is 9.18. The molecule has 2 N–H and O–H groups in total. The first kappa shape index (κ1) is 16.3. The summed E-state index contributed by atoms with van der Waals surface area (Å²) in [5, 5.41) is 4.51. The van der Waals surface area contributed by atoms with E-state index in [1.165, 1.54) is 31.9 Å². The van der Waals surface area contributed by atoms with Gasteiger partial charge in [-0.05, 0) is 68.2 Å². The SMILES string of the molecule is COC(=O)c1cnn(-c2cccc(C3CCC(CN)C3)c2)c1C1CC1. The molecule has 1 aromatic heterocycles. The van der Waals surface area contributed by atoms with Crippen LogP contribution in [0, 0.1) is 5.92 Å². The van der Waals surface area contributed by atoms with E-state index < -0.39 is 0 Å². The van der Waals surface area contributed by atoms with Gasteiger partial charge in [-0.25, -0.2) is 9.48 Å². The zero-order valence-electron chi connectivity index (χ0n) is 14.6. The lowest BCUT2D eigenvalue weighted by molar-refractivity contribution is 0.0599. The number of carbonyl (C=O) groups is 1. The van der Waals surface area contributed by atoms with Crippen LogP contribution >= 0.6 is 0 Å². The maximum absolute atomic E-state index is 12.1. The number of hydrogen-bond acceptors (Lipinski definition) is 4. The van der Waals surface area contributed by atoms with E-state index in [1.807, 2.05) is 4.68 Å². The Morgan fingerprint density at radius 3 is 2.76 bits per heavy atom. The van der Waals surface area contributed by atoms with Crippen LogP contribution in [0.15, 0.2) is 30.5 Å². The van der Waals surface area contributed by atoms with Crippen molar-refractivity contribution in [2.75, 3.05) is 13.7 Å². The fourth-order valence-electron chi connectivity index (χ4n) is 4.08. The molecule has 1 heterocycles. The van der Waals surface area contributed by atoms with E-state index in [2.05, 4.69) is 29.4 Å². The lowest BCUT2D eigenvalue weighted by Crippen LogP contribution is -2.10. The second kappa shape index (κ2) is 6.64. The van der Waals surface area contributed by atoms with Gasteiger partial charge in [0.15, 0.2) is 0 Å². The molecule has 5 nitrogen and oxygen atoms in total. The molecule has 1 aromatic carbocycles. The maximum atomic E-state index is 12.1. The molecular formula is C20H25N3O2. The summed E-state index contributed by atoms with van der Waals surface area (Å²) in [6.07, 6.45) is 7.45. The highest BCUT2D eigenvalue weighted by molar-refractivity contribution is 5.90. The average molecular weight is 339 g/mol. The molecule has 2 aliphatic rings. The van der Waals surface area contributed by atoms with Gasteiger partial charge in [-0.15, -0.1) is 0 Å². The van der Waals surface area contributed by atoms with Gasteiger partial charge in [0, 0.05) is 5.92 Å². The number of methoxy groups -OCH3 is 1. The minimum atomic E-state index is -0.300. The van der Waals surface area contributed by atoms with Crippen LogP contribution in [0.5, 0.6) is 0 Å². The molecule has 0 aliphatic heterocycles. The van der Waals surface area contributed by atoms with E-state index in [9.17, 15) is 4.79 Å². The van der Waals surface area contributed by atoms with Gasteiger partial charge in [-0.2, -0.15) is 5.10 Å². The summed E-state index contributed by atoms with van der Waals surface area (Å²) in [6, 6.07) is 8.59. The second-order valence-electron chi connectivity index (χ2n) is 7.33. The molecule has 2 aromatic rings. The number of rotatable bonds is 5. The van der Waals surface area contributed by atoms with E-state index in [0.29, 0.717) is 23.3 Å². The van der Waals surface area contributed by atoms with Crippen molar-refractivity contribution in [2.24, 2.45) is 11.7 Å². The van der Waals surface area contributed by atoms with Crippen molar-refractivity contribution >= 4 is 5.97 Å². The van der Waals surface area contributed by atoms with Crippen molar-refractivity contribution in [3.8, 4) is 5.69 Å². The third kappa shape index (κ3) is 3.09. The Hall–Kier alpha value is -2.14. The molecule has 0 saturated heterocycles. The summed E-state index contributed by atoms with van der Waals surface area (Å²) in [6.45, 7) is 0.781. The molecule has 132 valence electrons. The Labute approximate surface area is 148 Å². The highest BCUT2D eigenvalue weighted by atomic mass is 16.5. The lowest BCUT2D eigenvalue weighted by atomic mass is 9.96. The smallest absolute Gasteiger partial charge is 0.341 e. The monoisotopic (exact) mass is 339 g/mol. The first-order valence-electron chi connectivity index (χ1n) is 9.18. The average Bonchev–Trinajstić information content (AvgIpc) is 3.21. The standard InChI is InChI=1S/C20H25N3O2/c1-25-20(24)18-12-22-23(19(18)14-7-8-14)17-4-2-3-15(10-17)16-6-5-13(9-16)11-21/h2-4,10,12-14,16H,5-9,11,21H2,1H3. The predicted octanol–water partition coefficient (Wildman–Crippen LogP) is 3.38. The van der Waals surface area contributed by atoms with Crippen molar-refractivity contribution in [3.63, 3.8) is 0 Å². The van der Waals surface area contributed by atoms with E-state index in [1.54, 1.807) is 6.20 Å². The molecule has 0 bridgehead atoms. The van der Waals surface area contributed by atoms with Crippen LogP contribution in [0.4, 0.5) is 0 Å². The normalized spacial score (nSPS) is 23.0. The second-order valence-corrected chi connectivity index (χ2v) is 7.33. The minimum absolute atomic E-state index is 0.300. The van der Waals surface area contributed by atoms with Gasteiger partial charge in [-0.3, -0.25) is 0 Å². The summed E-state index contributed by atoms with van der Waals surface area (Å²) >= 11 is 0. The number of carbonyl (C=O) groups excluding carboxylic acids is 1. The van der Waals surface area contributed by atoms with Crippen LogP contribution in [-0.4, -0.2) is 29.4 Å². The number of aromatic nitrogens is 2. The van der Waals surface area contributed by atoms with Gasteiger partial charge in [0.1, 0.15) is 5.56 Å². The van der Waals surface area contributed by atoms with Crippen LogP contribution in [-0.2, 0) is 4.74 Å². The molecule has 25 heavy (non-hydrogen) atoms. The third-order valence-corrected chi connectivity index (χ3v) is 5.64. The van der Waals surface area contributed by atoms with Crippen molar-refractivity contribution in [1.29, 1.82) is 0 Å². The Balaban J connectivity index is 1.68. The number of nitrogens with two attached hydrogens (primary N) is 1. The molecule has 0 amide bonds. The Kier molecular flexibility index (Phi) is 4.34. The van der Waals surface area contributed by atoms with Crippen LogP contribution in [0.3, 0.4) is 0 Å². The Morgan fingerprint density at radius 1 is 1.28 bits per heavy atom. The van der Waals surface area contributed by atoms with Crippen LogP contribution < -0.4 is 5.73 Å². The quantitative estimate of drug-likeness (QED) is 0.848. The fraction of sp³-hybridized carbons (Fsp3) is 0.500. The maximum Gasteiger partial charge on any atom is 0.341 e. The summed E-state index contributed by atoms with van der Waals surface area (Å²) in [5.74, 6) is 1.33. The number of esters is 1. The van der Waals surface area contributed by atoms with E-state index in [4.69, 9.17) is 10.5 Å². The molecule has 2 atom stereocenters. The van der Waals surface area contributed by atoms with Crippen molar-refractivity contribution < 1.29 is 9.53 Å². The lowest BCUT2D eigenvalue weighted by Gasteiger charge is -2.14. The topological polar surface area (TPSA) is 70.1 Å². The van der Waals surface area contributed by atoms with Crippen LogP contribution in [0.2, 0.25) is 0 Å².